The van der Waals surface area contributed by atoms with Crippen molar-refractivity contribution in [1.82, 2.24) is 0 Å². The van der Waals surface area contributed by atoms with Crippen LogP contribution in [0.15, 0.2) is 97.1 Å². The highest BCUT2D eigenvalue weighted by molar-refractivity contribution is 6.23. The first-order valence-corrected chi connectivity index (χ1v) is 14.8. The van der Waals surface area contributed by atoms with Crippen LogP contribution in [0.5, 0.6) is 11.5 Å². The normalized spacial score (nSPS) is 24.7. The van der Waals surface area contributed by atoms with Crippen molar-refractivity contribution in [3.8, 4) is 11.5 Å². The van der Waals surface area contributed by atoms with Crippen molar-refractivity contribution in [1.29, 1.82) is 0 Å². The number of amides is 3. The molecule has 4 aromatic rings. The lowest BCUT2D eigenvalue weighted by Gasteiger charge is -2.45. The van der Waals surface area contributed by atoms with Crippen LogP contribution in [0.3, 0.4) is 0 Å². The molecule has 2 saturated heterocycles. The molecule has 2 fully saturated rings. The predicted molar refractivity (Wildman–Crippen MR) is 162 cm³/mol. The summed E-state index contributed by atoms with van der Waals surface area (Å²) >= 11 is 0. The van der Waals surface area contributed by atoms with E-state index in [9.17, 15) is 19.2 Å². The first kappa shape index (κ1) is 26.4. The number of hydrogen-bond donors (Lipinski definition) is 0. The second kappa shape index (κ2) is 9.91. The fraction of sp³-hybridized carbons (Fsp3) is 0.222. The Hall–Kier alpha value is -5.24. The summed E-state index contributed by atoms with van der Waals surface area (Å²) in [6, 6.07) is 29.9. The Labute approximate surface area is 253 Å². The van der Waals surface area contributed by atoms with Gasteiger partial charge < -0.3 is 14.4 Å². The SMILES string of the molecule is COc1ccccc1N1C[C@H](C(=O)Oc2ccc(N3C(=O)[C@@H]4C5c6ccccc6C(c6ccccc65)[C@H]4C3=O)cc2)CC1=O. The summed E-state index contributed by atoms with van der Waals surface area (Å²) in [4.78, 5) is 56.6. The highest BCUT2D eigenvalue weighted by Gasteiger charge is 2.61. The maximum Gasteiger partial charge on any atom is 0.316 e. The minimum Gasteiger partial charge on any atom is -0.495 e. The second-order valence-corrected chi connectivity index (χ2v) is 11.8. The molecule has 2 heterocycles. The van der Waals surface area contributed by atoms with Crippen LogP contribution in [-0.2, 0) is 19.2 Å². The first-order valence-electron chi connectivity index (χ1n) is 14.8. The van der Waals surface area contributed by atoms with Gasteiger partial charge in [0.15, 0.2) is 0 Å². The van der Waals surface area contributed by atoms with Gasteiger partial charge in [0.25, 0.3) is 0 Å². The summed E-state index contributed by atoms with van der Waals surface area (Å²) in [6.45, 7) is 0.183. The number of esters is 1. The third kappa shape index (κ3) is 3.76. The zero-order valence-electron chi connectivity index (χ0n) is 23.9. The van der Waals surface area contributed by atoms with Gasteiger partial charge in [0.05, 0.1) is 36.2 Å². The van der Waals surface area contributed by atoms with Crippen LogP contribution in [0.4, 0.5) is 11.4 Å². The van der Waals surface area contributed by atoms with Gasteiger partial charge in [0.1, 0.15) is 11.5 Å². The Bertz CT molecular complexity index is 1750. The number of carbonyl (C=O) groups excluding carboxylic acids is 4. The number of carbonyl (C=O) groups is 4. The standard InChI is InChI=1S/C36H28N2O6/c1-43-28-13-7-6-12-27(28)37-19-20(18-29(37)39)36(42)44-22-16-14-21(15-17-22)38-34(40)32-30-23-8-2-3-9-24(23)31(33(32)35(38)41)26-11-5-4-10-25(26)30/h2-17,20,30-33H,18-19H2,1H3/t20-,30?,31?,32-,33-/m1/s1. The van der Waals surface area contributed by atoms with Crippen molar-refractivity contribution >= 4 is 35.1 Å². The Balaban J connectivity index is 1.02. The summed E-state index contributed by atoms with van der Waals surface area (Å²) in [6.07, 6.45) is 0.0294. The van der Waals surface area contributed by atoms with E-state index in [0.29, 0.717) is 17.1 Å². The van der Waals surface area contributed by atoms with E-state index in [1.54, 1.807) is 41.3 Å². The minimum atomic E-state index is -0.643. The van der Waals surface area contributed by atoms with E-state index in [4.69, 9.17) is 9.47 Å². The lowest BCUT2D eigenvalue weighted by Crippen LogP contribution is -2.41. The number of hydrogen-bond acceptors (Lipinski definition) is 6. The van der Waals surface area contributed by atoms with E-state index in [0.717, 1.165) is 22.3 Å². The molecule has 2 bridgehead atoms. The third-order valence-electron chi connectivity index (χ3n) is 9.60. The van der Waals surface area contributed by atoms with E-state index in [2.05, 4.69) is 24.3 Å². The minimum absolute atomic E-state index is 0.0294. The number of methoxy groups -OCH3 is 1. The maximum absolute atomic E-state index is 14.0. The Morgan fingerprint density at radius 2 is 1.23 bits per heavy atom. The van der Waals surface area contributed by atoms with Gasteiger partial charge >= 0.3 is 5.97 Å². The summed E-state index contributed by atoms with van der Waals surface area (Å²) in [5.41, 5.74) is 5.55. The summed E-state index contributed by atoms with van der Waals surface area (Å²) in [7, 11) is 1.54. The lowest BCUT2D eigenvalue weighted by atomic mass is 9.55. The number of anilines is 2. The summed E-state index contributed by atoms with van der Waals surface area (Å²) in [5, 5.41) is 0. The molecular formula is C36H28N2O6. The molecule has 5 aliphatic rings. The molecule has 44 heavy (non-hydrogen) atoms. The van der Waals surface area contributed by atoms with E-state index in [1.807, 2.05) is 36.4 Å². The Morgan fingerprint density at radius 3 is 1.77 bits per heavy atom. The molecule has 0 spiro atoms. The quantitative estimate of drug-likeness (QED) is 0.185. The van der Waals surface area contributed by atoms with Crippen LogP contribution in [0.2, 0.25) is 0 Å². The van der Waals surface area contributed by atoms with Gasteiger partial charge in [-0.25, -0.2) is 4.90 Å². The van der Waals surface area contributed by atoms with Crippen LogP contribution >= 0.6 is 0 Å². The van der Waals surface area contributed by atoms with Gasteiger partial charge in [-0.1, -0.05) is 60.7 Å². The molecule has 0 saturated carbocycles. The molecule has 0 aromatic heterocycles. The van der Waals surface area contributed by atoms with Crippen LogP contribution < -0.4 is 19.3 Å². The van der Waals surface area contributed by atoms with Gasteiger partial charge in [-0.3, -0.25) is 19.2 Å². The molecule has 2 aliphatic heterocycles. The molecule has 8 nitrogen and oxygen atoms in total. The van der Waals surface area contributed by atoms with E-state index >= 15 is 0 Å². The molecule has 3 aliphatic carbocycles. The number of para-hydroxylation sites is 2. The van der Waals surface area contributed by atoms with Crippen LogP contribution in [0.1, 0.15) is 40.5 Å². The van der Waals surface area contributed by atoms with Crippen molar-refractivity contribution < 1.29 is 28.7 Å². The average molecular weight is 585 g/mol. The molecule has 4 aromatic carbocycles. The summed E-state index contributed by atoms with van der Waals surface area (Å²) < 4.78 is 11.0. The topological polar surface area (TPSA) is 93.2 Å². The number of imide groups is 1. The van der Waals surface area contributed by atoms with Crippen LogP contribution in [-0.4, -0.2) is 37.3 Å². The van der Waals surface area contributed by atoms with E-state index < -0.39 is 23.7 Å². The van der Waals surface area contributed by atoms with Crippen LogP contribution in [0.25, 0.3) is 0 Å². The van der Waals surface area contributed by atoms with Crippen molar-refractivity contribution in [2.75, 3.05) is 23.5 Å². The van der Waals surface area contributed by atoms with Gasteiger partial charge in [0, 0.05) is 24.8 Å². The third-order valence-corrected chi connectivity index (χ3v) is 9.60. The molecule has 0 radical (unpaired) electrons. The second-order valence-electron chi connectivity index (χ2n) is 11.8. The molecule has 0 N–H and O–H groups in total. The zero-order chi connectivity index (χ0) is 30.1. The largest absolute Gasteiger partial charge is 0.495 e. The number of nitrogens with zero attached hydrogens (tertiary/aromatic N) is 2. The van der Waals surface area contributed by atoms with Crippen molar-refractivity contribution in [3.05, 3.63) is 119 Å². The van der Waals surface area contributed by atoms with Crippen LogP contribution in [0, 0.1) is 17.8 Å². The summed E-state index contributed by atoms with van der Waals surface area (Å²) in [5.74, 6) is -2.22. The smallest absolute Gasteiger partial charge is 0.316 e. The maximum atomic E-state index is 14.0. The molecule has 3 atom stereocenters. The molecule has 9 rings (SSSR count). The van der Waals surface area contributed by atoms with Crippen molar-refractivity contribution in [2.45, 2.75) is 18.3 Å². The molecule has 218 valence electrons. The molecular weight excluding hydrogens is 556 g/mol. The van der Waals surface area contributed by atoms with Gasteiger partial charge in [0.2, 0.25) is 17.7 Å². The van der Waals surface area contributed by atoms with Crippen molar-refractivity contribution in [2.24, 2.45) is 17.8 Å². The highest BCUT2D eigenvalue weighted by Crippen LogP contribution is 2.61. The molecule has 0 unspecified atom stereocenters. The van der Waals surface area contributed by atoms with Gasteiger partial charge in [-0.2, -0.15) is 0 Å². The zero-order valence-corrected chi connectivity index (χ0v) is 23.9. The Kier molecular flexibility index (Phi) is 5.94. The fourth-order valence-corrected chi connectivity index (χ4v) is 7.75. The fourth-order valence-electron chi connectivity index (χ4n) is 7.75. The first-order chi connectivity index (χ1) is 21.5. The number of ether oxygens (including phenoxy) is 2. The predicted octanol–water partition coefficient (Wildman–Crippen LogP) is 5.05. The lowest BCUT2D eigenvalue weighted by molar-refractivity contribution is -0.139. The van der Waals surface area contributed by atoms with E-state index in [-0.39, 0.29) is 48.3 Å². The monoisotopic (exact) mass is 584 g/mol. The highest BCUT2D eigenvalue weighted by atomic mass is 16.5. The van der Waals surface area contributed by atoms with Gasteiger partial charge in [-0.15, -0.1) is 0 Å². The molecule has 3 amide bonds. The average Bonchev–Trinajstić information content (AvgIpc) is 3.58. The van der Waals surface area contributed by atoms with Gasteiger partial charge in [-0.05, 0) is 58.7 Å². The number of benzene rings is 4. The number of rotatable bonds is 5. The Morgan fingerprint density at radius 1 is 0.705 bits per heavy atom. The van der Waals surface area contributed by atoms with Crippen molar-refractivity contribution in [3.63, 3.8) is 0 Å². The molecule has 8 heteroatoms. The van der Waals surface area contributed by atoms with E-state index in [1.165, 1.54) is 12.0 Å².